The van der Waals surface area contributed by atoms with Crippen LogP contribution in [0, 0.1) is 0 Å². The lowest BCUT2D eigenvalue weighted by molar-refractivity contribution is -0.139. The molecule has 0 fully saturated rings. The van der Waals surface area contributed by atoms with Gasteiger partial charge in [0, 0.05) is 19.8 Å². The van der Waals surface area contributed by atoms with E-state index >= 15 is 0 Å². The zero-order valence-corrected chi connectivity index (χ0v) is 13.8. The SMILES string of the molecule is CCC[C@@](C)(OCC)C(=O)Nc1ccc(OCCOC)nc1. The largest absolute Gasteiger partial charge is 0.475 e. The molecule has 0 aliphatic heterocycles. The molecule has 1 N–H and O–H groups in total. The third-order valence-electron chi connectivity index (χ3n) is 3.20. The van der Waals surface area contributed by atoms with E-state index < -0.39 is 5.60 Å². The van der Waals surface area contributed by atoms with Gasteiger partial charge in [0.1, 0.15) is 12.2 Å². The Bertz CT molecular complexity index is 442. The lowest BCUT2D eigenvalue weighted by Gasteiger charge is -2.27. The molecule has 1 aromatic rings. The number of methoxy groups -OCH3 is 1. The summed E-state index contributed by atoms with van der Waals surface area (Å²) in [5, 5.41) is 2.84. The fraction of sp³-hybridized carbons (Fsp3) is 0.625. The molecule has 22 heavy (non-hydrogen) atoms. The fourth-order valence-corrected chi connectivity index (χ4v) is 2.08. The lowest BCUT2D eigenvalue weighted by Crippen LogP contribution is -2.42. The van der Waals surface area contributed by atoms with E-state index in [4.69, 9.17) is 14.2 Å². The van der Waals surface area contributed by atoms with Gasteiger partial charge in [0.2, 0.25) is 5.88 Å². The first-order valence-electron chi connectivity index (χ1n) is 7.59. The van der Waals surface area contributed by atoms with E-state index in [0.717, 1.165) is 6.42 Å². The number of hydrogen-bond donors (Lipinski definition) is 1. The van der Waals surface area contributed by atoms with Crippen LogP contribution in [0.3, 0.4) is 0 Å². The molecule has 0 spiro atoms. The molecule has 0 aliphatic rings. The van der Waals surface area contributed by atoms with Crippen LogP contribution in [-0.2, 0) is 14.3 Å². The summed E-state index contributed by atoms with van der Waals surface area (Å²) in [5.74, 6) is 0.335. The monoisotopic (exact) mass is 310 g/mol. The molecule has 0 radical (unpaired) electrons. The van der Waals surface area contributed by atoms with Gasteiger partial charge in [-0.3, -0.25) is 4.79 Å². The van der Waals surface area contributed by atoms with Crippen LogP contribution in [0.2, 0.25) is 0 Å². The Labute approximate surface area is 132 Å². The van der Waals surface area contributed by atoms with E-state index in [0.29, 0.717) is 37.8 Å². The number of amides is 1. The lowest BCUT2D eigenvalue weighted by atomic mass is 9.99. The van der Waals surface area contributed by atoms with Gasteiger partial charge in [-0.25, -0.2) is 4.98 Å². The summed E-state index contributed by atoms with van der Waals surface area (Å²) in [6.07, 6.45) is 3.10. The molecule has 1 amide bonds. The number of carbonyl (C=O) groups excluding carboxylic acids is 1. The van der Waals surface area contributed by atoms with Crippen molar-refractivity contribution in [2.24, 2.45) is 0 Å². The topological polar surface area (TPSA) is 69.7 Å². The normalized spacial score (nSPS) is 13.5. The van der Waals surface area contributed by atoms with Gasteiger partial charge >= 0.3 is 0 Å². The van der Waals surface area contributed by atoms with Crippen molar-refractivity contribution in [1.29, 1.82) is 0 Å². The molecule has 0 aromatic carbocycles. The summed E-state index contributed by atoms with van der Waals surface area (Å²) < 4.78 is 15.9. The third-order valence-corrected chi connectivity index (χ3v) is 3.20. The second-order valence-corrected chi connectivity index (χ2v) is 5.09. The summed E-state index contributed by atoms with van der Waals surface area (Å²) in [7, 11) is 1.61. The summed E-state index contributed by atoms with van der Waals surface area (Å²) in [6, 6.07) is 3.47. The van der Waals surface area contributed by atoms with E-state index in [9.17, 15) is 4.79 Å². The van der Waals surface area contributed by atoms with Gasteiger partial charge in [0.05, 0.1) is 18.5 Å². The fourth-order valence-electron chi connectivity index (χ4n) is 2.08. The Morgan fingerprint density at radius 1 is 1.32 bits per heavy atom. The highest BCUT2D eigenvalue weighted by Gasteiger charge is 2.32. The molecule has 0 bridgehead atoms. The maximum absolute atomic E-state index is 12.4. The number of carbonyl (C=O) groups is 1. The molecule has 6 nitrogen and oxygen atoms in total. The number of pyridine rings is 1. The van der Waals surface area contributed by atoms with Crippen molar-refractivity contribution in [2.45, 2.75) is 39.2 Å². The number of nitrogens with zero attached hydrogens (tertiary/aromatic N) is 1. The first kappa shape index (κ1) is 18.4. The molecular formula is C16H26N2O4. The van der Waals surface area contributed by atoms with Crippen LogP contribution in [0.15, 0.2) is 18.3 Å². The number of aromatic nitrogens is 1. The maximum atomic E-state index is 12.4. The number of hydrogen-bond acceptors (Lipinski definition) is 5. The summed E-state index contributed by atoms with van der Waals surface area (Å²) >= 11 is 0. The molecule has 0 unspecified atom stereocenters. The predicted octanol–water partition coefficient (Wildman–Crippen LogP) is 2.64. The standard InChI is InChI=1S/C16H26N2O4/c1-5-9-16(3,22-6-2)15(19)18-13-7-8-14(17-12-13)21-11-10-20-4/h7-8,12H,5-6,9-11H2,1-4H3,(H,18,19)/t16-/m1/s1. The van der Waals surface area contributed by atoms with Gasteiger partial charge in [0.25, 0.3) is 5.91 Å². The van der Waals surface area contributed by atoms with E-state index in [-0.39, 0.29) is 5.91 Å². The third kappa shape index (κ3) is 5.61. The molecule has 0 aliphatic carbocycles. The van der Waals surface area contributed by atoms with Crippen molar-refractivity contribution in [2.75, 3.05) is 32.2 Å². The molecule has 0 saturated heterocycles. The van der Waals surface area contributed by atoms with Crippen LogP contribution in [0.1, 0.15) is 33.6 Å². The number of anilines is 1. The quantitative estimate of drug-likeness (QED) is 0.673. The Morgan fingerprint density at radius 3 is 2.64 bits per heavy atom. The van der Waals surface area contributed by atoms with Gasteiger partial charge < -0.3 is 19.5 Å². The molecule has 1 heterocycles. The van der Waals surface area contributed by atoms with Gasteiger partial charge in [-0.2, -0.15) is 0 Å². The van der Waals surface area contributed by atoms with Crippen LogP contribution >= 0.6 is 0 Å². The van der Waals surface area contributed by atoms with Gasteiger partial charge in [-0.15, -0.1) is 0 Å². The second-order valence-electron chi connectivity index (χ2n) is 5.09. The molecular weight excluding hydrogens is 284 g/mol. The van der Waals surface area contributed by atoms with Crippen molar-refractivity contribution in [3.8, 4) is 5.88 Å². The molecule has 0 saturated carbocycles. The molecule has 124 valence electrons. The number of nitrogens with one attached hydrogen (secondary N) is 1. The van der Waals surface area contributed by atoms with Crippen molar-refractivity contribution in [1.82, 2.24) is 4.98 Å². The molecule has 1 atom stereocenters. The highest BCUT2D eigenvalue weighted by Crippen LogP contribution is 2.21. The first-order valence-corrected chi connectivity index (χ1v) is 7.59. The van der Waals surface area contributed by atoms with Crippen molar-refractivity contribution in [3.05, 3.63) is 18.3 Å². The average molecular weight is 310 g/mol. The van der Waals surface area contributed by atoms with E-state index in [1.165, 1.54) is 0 Å². The first-order chi connectivity index (χ1) is 10.6. The Balaban J connectivity index is 2.63. The highest BCUT2D eigenvalue weighted by atomic mass is 16.5. The van der Waals surface area contributed by atoms with Crippen LogP contribution in [0.25, 0.3) is 0 Å². The van der Waals surface area contributed by atoms with Crippen molar-refractivity contribution >= 4 is 11.6 Å². The van der Waals surface area contributed by atoms with Crippen molar-refractivity contribution in [3.63, 3.8) is 0 Å². The minimum absolute atomic E-state index is 0.161. The maximum Gasteiger partial charge on any atom is 0.256 e. The van der Waals surface area contributed by atoms with Crippen molar-refractivity contribution < 1.29 is 19.0 Å². The highest BCUT2D eigenvalue weighted by molar-refractivity contribution is 5.96. The molecule has 6 heteroatoms. The van der Waals surface area contributed by atoms with E-state index in [1.54, 1.807) is 25.4 Å². The molecule has 1 rings (SSSR count). The van der Waals surface area contributed by atoms with Crippen LogP contribution in [0.5, 0.6) is 5.88 Å². The molecule has 1 aromatic heterocycles. The van der Waals surface area contributed by atoms with Crippen LogP contribution < -0.4 is 10.1 Å². The smallest absolute Gasteiger partial charge is 0.256 e. The Morgan fingerprint density at radius 2 is 2.09 bits per heavy atom. The summed E-state index contributed by atoms with van der Waals surface area (Å²) in [4.78, 5) is 16.5. The predicted molar refractivity (Wildman–Crippen MR) is 85.2 cm³/mol. The van der Waals surface area contributed by atoms with E-state index in [1.807, 2.05) is 20.8 Å². The number of rotatable bonds is 10. The number of ether oxygens (including phenoxy) is 3. The van der Waals surface area contributed by atoms with Crippen LogP contribution in [0.4, 0.5) is 5.69 Å². The Hall–Kier alpha value is -1.66. The van der Waals surface area contributed by atoms with E-state index in [2.05, 4.69) is 10.3 Å². The van der Waals surface area contributed by atoms with Gasteiger partial charge in [0.15, 0.2) is 0 Å². The zero-order chi connectivity index (χ0) is 16.4. The average Bonchev–Trinajstić information content (AvgIpc) is 2.50. The summed E-state index contributed by atoms with van der Waals surface area (Å²) in [6.45, 7) is 7.16. The van der Waals surface area contributed by atoms with Crippen LogP contribution in [-0.4, -0.2) is 43.4 Å². The minimum atomic E-state index is -0.822. The Kier molecular flexibility index (Phi) is 7.84. The van der Waals surface area contributed by atoms with Gasteiger partial charge in [-0.1, -0.05) is 13.3 Å². The van der Waals surface area contributed by atoms with Gasteiger partial charge in [-0.05, 0) is 26.3 Å². The zero-order valence-electron chi connectivity index (χ0n) is 13.8. The minimum Gasteiger partial charge on any atom is -0.475 e. The second kappa shape index (κ2) is 9.38. The summed E-state index contributed by atoms with van der Waals surface area (Å²) in [5.41, 5.74) is -0.206.